The number of hydrogen-bond acceptors (Lipinski definition) is 1. The second-order valence-corrected chi connectivity index (χ2v) is 3.13. The van der Waals surface area contributed by atoms with E-state index in [1.54, 1.807) is 0 Å². The Balaban J connectivity index is 2.85. The third kappa shape index (κ3) is 3.02. The molecule has 0 atom stereocenters. The van der Waals surface area contributed by atoms with Crippen LogP contribution in [0.25, 0.3) is 0 Å². The highest BCUT2D eigenvalue weighted by atomic mass is 79.9. The topological polar surface area (TPSA) is 29.1 Å². The number of rotatable bonds is 1. The summed E-state index contributed by atoms with van der Waals surface area (Å²) in [5.41, 5.74) is 0.0506. The van der Waals surface area contributed by atoms with Crippen LogP contribution in [-0.4, -0.2) is 5.91 Å². The molecule has 1 aromatic carbocycles. The van der Waals surface area contributed by atoms with Crippen molar-refractivity contribution in [3.63, 3.8) is 0 Å². The molecule has 1 N–H and O–H groups in total. The lowest BCUT2D eigenvalue weighted by Crippen LogP contribution is -2.09. The van der Waals surface area contributed by atoms with Crippen LogP contribution < -0.4 is 5.32 Å². The monoisotopic (exact) mass is 275 g/mol. The zero-order valence-electron chi connectivity index (χ0n) is 6.77. The molecule has 1 rings (SSSR count). The Morgan fingerprint density at radius 3 is 2.86 bits per heavy atom. The highest BCUT2D eigenvalue weighted by Gasteiger charge is 2.04. The first-order valence-corrected chi connectivity index (χ1v) is 4.68. The molecule has 14 heavy (non-hydrogen) atoms. The van der Waals surface area contributed by atoms with Crippen molar-refractivity contribution in [2.24, 2.45) is 0 Å². The summed E-state index contributed by atoms with van der Waals surface area (Å²) in [5.74, 6) is 0.963. The maximum absolute atomic E-state index is 13.1. The first-order chi connectivity index (χ1) is 6.63. The fourth-order valence-electron chi connectivity index (χ4n) is 0.787. The molecule has 5 heteroatoms. The molecule has 0 unspecified atom stereocenters. The van der Waals surface area contributed by atoms with Gasteiger partial charge in [-0.1, -0.05) is 11.6 Å². The Morgan fingerprint density at radius 1 is 1.57 bits per heavy atom. The van der Waals surface area contributed by atoms with Crippen molar-refractivity contribution in [1.82, 2.24) is 0 Å². The second kappa shape index (κ2) is 4.99. The highest BCUT2D eigenvalue weighted by Crippen LogP contribution is 2.18. The molecule has 0 heterocycles. The van der Waals surface area contributed by atoms with E-state index in [2.05, 4.69) is 32.0 Å². The van der Waals surface area contributed by atoms with Crippen molar-refractivity contribution in [1.29, 1.82) is 0 Å². The molecule has 0 saturated heterocycles. The summed E-state index contributed by atoms with van der Waals surface area (Å²) in [6.45, 7) is 0. The molecule has 0 aliphatic rings. The van der Waals surface area contributed by atoms with Crippen molar-refractivity contribution in [2.75, 3.05) is 5.32 Å². The smallest absolute Gasteiger partial charge is 0.301 e. The van der Waals surface area contributed by atoms with Gasteiger partial charge in [0.1, 0.15) is 5.82 Å². The summed E-state index contributed by atoms with van der Waals surface area (Å²) in [7, 11) is 0. The van der Waals surface area contributed by atoms with Gasteiger partial charge in [-0.3, -0.25) is 4.79 Å². The molecule has 0 fully saturated rings. The molecule has 1 amide bonds. The quantitative estimate of drug-likeness (QED) is 0.785. The second-order valence-electron chi connectivity index (χ2n) is 2.30. The van der Waals surface area contributed by atoms with Crippen LogP contribution in [0.4, 0.5) is 10.1 Å². The van der Waals surface area contributed by atoms with Gasteiger partial charge in [0.05, 0.1) is 5.69 Å². The fourth-order valence-corrected chi connectivity index (χ4v) is 1.13. The Bertz CT molecular complexity index is 425. The van der Waals surface area contributed by atoms with Crippen LogP contribution in [0.5, 0.6) is 0 Å². The number of nitrogens with one attached hydrogen (secondary N) is 1. The van der Waals surface area contributed by atoms with Crippen molar-refractivity contribution >= 4 is 39.1 Å². The number of carbonyl (C=O) groups excluding carboxylic acids is 1. The van der Waals surface area contributed by atoms with Crippen LogP contribution in [0.2, 0.25) is 5.02 Å². The van der Waals surface area contributed by atoms with Gasteiger partial charge in [0.2, 0.25) is 0 Å². The average molecular weight is 276 g/mol. The molecule has 0 spiro atoms. The number of halogens is 3. The largest absolute Gasteiger partial charge is 0.313 e. The number of hydrogen-bond donors (Lipinski definition) is 1. The molecule has 0 radical (unpaired) electrons. The Labute approximate surface area is 93.6 Å². The van der Waals surface area contributed by atoms with E-state index in [-0.39, 0.29) is 10.7 Å². The van der Waals surface area contributed by atoms with Gasteiger partial charge >= 0.3 is 5.91 Å². The zero-order valence-corrected chi connectivity index (χ0v) is 9.12. The third-order valence-electron chi connectivity index (χ3n) is 1.34. The molecule has 0 saturated carbocycles. The molecular weight excluding hydrogens is 272 g/mol. The van der Waals surface area contributed by atoms with E-state index in [4.69, 9.17) is 11.6 Å². The van der Waals surface area contributed by atoms with Gasteiger partial charge in [0.25, 0.3) is 0 Å². The van der Waals surface area contributed by atoms with E-state index in [1.807, 2.05) is 0 Å². The molecule has 0 bridgehead atoms. The third-order valence-corrected chi connectivity index (χ3v) is 1.77. The number of carbonyl (C=O) groups is 1. The predicted octanol–water partition coefficient (Wildman–Crippen LogP) is 2.77. The van der Waals surface area contributed by atoms with E-state index in [9.17, 15) is 9.18 Å². The molecule has 1 aromatic rings. The fraction of sp³-hybridized carbons (Fsp3) is 0. The minimum absolute atomic E-state index is 0.0506. The predicted molar refractivity (Wildman–Crippen MR) is 56.7 cm³/mol. The van der Waals surface area contributed by atoms with E-state index in [1.165, 1.54) is 12.1 Å². The maximum atomic E-state index is 13.1. The van der Waals surface area contributed by atoms with Gasteiger partial charge in [0.15, 0.2) is 0 Å². The minimum atomic E-state index is -0.595. The van der Waals surface area contributed by atoms with E-state index in [0.717, 1.165) is 6.07 Å². The van der Waals surface area contributed by atoms with Gasteiger partial charge in [-0.25, -0.2) is 4.39 Å². The van der Waals surface area contributed by atoms with E-state index >= 15 is 0 Å². The minimum Gasteiger partial charge on any atom is -0.313 e. The molecular formula is C9H4BrClFNO. The SMILES string of the molecule is O=C(C#CBr)Nc1ccc(Cl)cc1F. The van der Waals surface area contributed by atoms with Crippen molar-refractivity contribution in [3.8, 4) is 10.8 Å². The van der Waals surface area contributed by atoms with Gasteiger partial charge in [-0.2, -0.15) is 0 Å². The molecule has 72 valence electrons. The summed E-state index contributed by atoms with van der Waals surface area (Å²) < 4.78 is 13.1. The lowest BCUT2D eigenvalue weighted by atomic mass is 10.3. The molecule has 0 aliphatic heterocycles. The summed E-state index contributed by atoms with van der Waals surface area (Å²) in [4.78, 5) is 13.2. The number of benzene rings is 1. The normalized spacial score (nSPS) is 8.79. The van der Waals surface area contributed by atoms with Crippen LogP contribution in [0.3, 0.4) is 0 Å². The van der Waals surface area contributed by atoms with Crippen LogP contribution in [0.15, 0.2) is 18.2 Å². The van der Waals surface area contributed by atoms with E-state index in [0.29, 0.717) is 0 Å². The van der Waals surface area contributed by atoms with Crippen molar-refractivity contribution in [3.05, 3.63) is 29.0 Å². The van der Waals surface area contributed by atoms with Crippen LogP contribution in [0, 0.1) is 16.6 Å². The Morgan fingerprint density at radius 2 is 2.29 bits per heavy atom. The zero-order chi connectivity index (χ0) is 10.6. The van der Waals surface area contributed by atoms with Crippen molar-refractivity contribution in [2.45, 2.75) is 0 Å². The van der Waals surface area contributed by atoms with Gasteiger partial charge < -0.3 is 5.32 Å². The Hall–Kier alpha value is -1.05. The molecule has 0 aromatic heterocycles. The molecule has 0 aliphatic carbocycles. The van der Waals surface area contributed by atoms with E-state index < -0.39 is 11.7 Å². The summed E-state index contributed by atoms with van der Waals surface area (Å²) in [5, 5.41) is 2.53. The van der Waals surface area contributed by atoms with Gasteiger partial charge in [0, 0.05) is 26.9 Å². The number of amides is 1. The van der Waals surface area contributed by atoms with Crippen LogP contribution >= 0.6 is 27.5 Å². The van der Waals surface area contributed by atoms with Crippen LogP contribution in [-0.2, 0) is 4.79 Å². The lowest BCUT2D eigenvalue weighted by Gasteiger charge is -2.02. The van der Waals surface area contributed by atoms with Gasteiger partial charge in [-0.15, -0.1) is 0 Å². The standard InChI is InChI=1S/C9H4BrClFNO/c10-4-3-9(14)13-8-2-1-6(11)5-7(8)12/h1-2,5H,(H,13,14). The maximum Gasteiger partial charge on any atom is 0.301 e. The average Bonchev–Trinajstić information content (AvgIpc) is 2.10. The highest BCUT2D eigenvalue weighted by molar-refractivity contribution is 9.12. The summed E-state index contributed by atoms with van der Waals surface area (Å²) in [6.07, 6.45) is 0. The summed E-state index contributed by atoms with van der Waals surface area (Å²) in [6, 6.07) is 3.95. The van der Waals surface area contributed by atoms with Crippen molar-refractivity contribution < 1.29 is 9.18 Å². The van der Waals surface area contributed by atoms with Gasteiger partial charge in [-0.05, 0) is 23.0 Å². The Kier molecular flexibility index (Phi) is 3.93. The first kappa shape index (κ1) is 11.0. The lowest BCUT2D eigenvalue weighted by molar-refractivity contribution is -0.111. The number of anilines is 1. The molecule has 2 nitrogen and oxygen atoms in total. The van der Waals surface area contributed by atoms with Crippen LogP contribution in [0.1, 0.15) is 0 Å². The summed E-state index contributed by atoms with van der Waals surface area (Å²) >= 11 is 8.28. The first-order valence-electron chi connectivity index (χ1n) is 3.51.